The molecule has 0 aliphatic carbocycles. The minimum absolute atomic E-state index is 0.0260. The zero-order chi connectivity index (χ0) is 26.4. The van der Waals surface area contributed by atoms with Crippen LogP contribution >= 0.6 is 0 Å². The zero-order valence-electron chi connectivity index (χ0n) is 25.4. The maximum atomic E-state index is 11.9. The second-order valence-corrected chi connectivity index (χ2v) is 12.0. The van der Waals surface area contributed by atoms with Gasteiger partial charge in [-0.25, -0.2) is 0 Å². The lowest BCUT2D eigenvalue weighted by Crippen LogP contribution is -2.05. The molecule has 0 fully saturated rings. The van der Waals surface area contributed by atoms with E-state index in [9.17, 15) is 4.79 Å². The number of carbonyl (C=O) groups excluding carboxylic acids is 1. The number of hydrogen-bond acceptors (Lipinski definition) is 2. The van der Waals surface area contributed by atoms with Crippen LogP contribution < -0.4 is 0 Å². The Bertz CT molecular complexity index is 417. The van der Waals surface area contributed by atoms with E-state index in [2.05, 4.69) is 20.8 Å². The number of rotatable bonds is 30. The third-order valence-corrected chi connectivity index (χ3v) is 7.67. The maximum absolute atomic E-state index is 11.9. The van der Waals surface area contributed by atoms with E-state index in [1.54, 1.807) is 0 Å². The average molecular weight is 509 g/mol. The molecule has 0 rings (SSSR count). The van der Waals surface area contributed by atoms with Crippen molar-refractivity contribution in [2.45, 2.75) is 201 Å². The van der Waals surface area contributed by atoms with Crippen LogP contribution in [-0.2, 0) is 9.53 Å². The predicted molar refractivity (Wildman–Crippen MR) is 161 cm³/mol. The van der Waals surface area contributed by atoms with Crippen molar-refractivity contribution in [1.29, 1.82) is 0 Å². The van der Waals surface area contributed by atoms with Crippen molar-refractivity contribution in [3.63, 3.8) is 0 Å². The Morgan fingerprint density at radius 3 is 1.19 bits per heavy atom. The molecule has 0 radical (unpaired) electrons. The molecule has 36 heavy (non-hydrogen) atoms. The predicted octanol–water partition coefficient (Wildman–Crippen LogP) is 12.1. The van der Waals surface area contributed by atoms with Gasteiger partial charge in [0.25, 0.3) is 0 Å². The lowest BCUT2D eigenvalue weighted by atomic mass is 10.0. The average Bonchev–Trinajstić information content (AvgIpc) is 2.86. The fourth-order valence-corrected chi connectivity index (χ4v) is 5.14. The molecule has 0 aliphatic heterocycles. The summed E-state index contributed by atoms with van der Waals surface area (Å²) >= 11 is 0. The topological polar surface area (TPSA) is 26.3 Å². The zero-order valence-corrected chi connectivity index (χ0v) is 25.4. The van der Waals surface area contributed by atoms with Crippen LogP contribution in [-0.4, -0.2) is 12.6 Å². The summed E-state index contributed by atoms with van der Waals surface area (Å²) in [4.78, 5) is 11.9. The molecule has 2 heteroatoms. The molecule has 0 spiro atoms. The monoisotopic (exact) mass is 509 g/mol. The SMILES string of the molecule is CCCCCCCCCCCCCCCCOC(=O)CCCCCCCCCCCCCCC(C)C. The van der Waals surface area contributed by atoms with Gasteiger partial charge in [-0.05, 0) is 18.8 Å². The van der Waals surface area contributed by atoms with Crippen LogP contribution in [0, 0.1) is 5.92 Å². The normalized spacial score (nSPS) is 11.4. The molecular weight excluding hydrogens is 440 g/mol. The van der Waals surface area contributed by atoms with Crippen LogP contribution in [0.5, 0.6) is 0 Å². The highest BCUT2D eigenvalue weighted by molar-refractivity contribution is 5.69. The lowest BCUT2D eigenvalue weighted by Gasteiger charge is -2.06. The minimum Gasteiger partial charge on any atom is -0.466 e. The molecule has 0 aromatic carbocycles. The fraction of sp³-hybridized carbons (Fsp3) is 0.971. The molecule has 0 saturated carbocycles. The highest BCUT2D eigenvalue weighted by Gasteiger charge is 2.03. The molecule has 216 valence electrons. The molecule has 0 aromatic rings. The van der Waals surface area contributed by atoms with Crippen molar-refractivity contribution in [3.8, 4) is 0 Å². The van der Waals surface area contributed by atoms with Crippen molar-refractivity contribution >= 4 is 5.97 Å². The van der Waals surface area contributed by atoms with E-state index < -0.39 is 0 Å². The summed E-state index contributed by atoms with van der Waals surface area (Å²) in [7, 11) is 0. The first-order valence-corrected chi connectivity index (χ1v) is 16.8. The molecule has 0 aromatic heterocycles. The summed E-state index contributed by atoms with van der Waals surface area (Å²) in [6, 6.07) is 0. The summed E-state index contributed by atoms with van der Waals surface area (Å²) in [5, 5.41) is 0. The van der Waals surface area contributed by atoms with Crippen LogP contribution in [0.1, 0.15) is 201 Å². The molecule has 0 amide bonds. The van der Waals surface area contributed by atoms with Gasteiger partial charge < -0.3 is 4.74 Å². The number of unbranched alkanes of at least 4 members (excludes halogenated alkanes) is 24. The third kappa shape index (κ3) is 31.5. The molecule has 0 aliphatic rings. The quantitative estimate of drug-likeness (QED) is 0.0712. The Balaban J connectivity index is 3.15. The summed E-state index contributed by atoms with van der Waals surface area (Å²) in [6.45, 7) is 7.57. The van der Waals surface area contributed by atoms with Gasteiger partial charge in [-0.1, -0.05) is 181 Å². The van der Waals surface area contributed by atoms with Crippen molar-refractivity contribution in [3.05, 3.63) is 0 Å². The van der Waals surface area contributed by atoms with E-state index in [0.717, 1.165) is 18.8 Å². The Hall–Kier alpha value is -0.530. The van der Waals surface area contributed by atoms with Crippen molar-refractivity contribution in [2.75, 3.05) is 6.61 Å². The van der Waals surface area contributed by atoms with E-state index in [0.29, 0.717) is 13.0 Å². The number of hydrogen-bond donors (Lipinski definition) is 0. The van der Waals surface area contributed by atoms with E-state index in [-0.39, 0.29) is 5.97 Å². The Morgan fingerprint density at radius 2 is 0.806 bits per heavy atom. The van der Waals surface area contributed by atoms with Gasteiger partial charge in [-0.3, -0.25) is 4.79 Å². The Morgan fingerprint density at radius 1 is 0.472 bits per heavy atom. The standard InChI is InChI=1S/C34H68O2/c1-4-5-6-7-8-9-10-11-14-17-20-23-26-29-32-36-34(35)31-28-25-22-19-16-13-12-15-18-21-24-27-30-33(2)3/h33H,4-32H2,1-3H3. The fourth-order valence-electron chi connectivity index (χ4n) is 5.14. The van der Waals surface area contributed by atoms with Crippen LogP contribution in [0.25, 0.3) is 0 Å². The Kier molecular flexibility index (Phi) is 30.2. The maximum Gasteiger partial charge on any atom is 0.305 e. The molecule has 0 N–H and O–H groups in total. The van der Waals surface area contributed by atoms with Crippen LogP contribution in [0.2, 0.25) is 0 Å². The molecule has 2 nitrogen and oxygen atoms in total. The summed E-state index contributed by atoms with van der Waals surface area (Å²) < 4.78 is 5.43. The van der Waals surface area contributed by atoms with Crippen LogP contribution in [0.4, 0.5) is 0 Å². The minimum atomic E-state index is 0.0260. The van der Waals surface area contributed by atoms with Gasteiger partial charge in [0.1, 0.15) is 0 Å². The summed E-state index contributed by atoms with van der Waals surface area (Å²) in [5.74, 6) is 0.896. The van der Waals surface area contributed by atoms with Gasteiger partial charge in [0.15, 0.2) is 0 Å². The van der Waals surface area contributed by atoms with Gasteiger partial charge in [0, 0.05) is 6.42 Å². The second-order valence-electron chi connectivity index (χ2n) is 12.0. The van der Waals surface area contributed by atoms with Crippen LogP contribution in [0.3, 0.4) is 0 Å². The molecule has 0 saturated heterocycles. The number of carbonyl (C=O) groups is 1. The smallest absolute Gasteiger partial charge is 0.305 e. The van der Waals surface area contributed by atoms with Gasteiger partial charge in [-0.2, -0.15) is 0 Å². The van der Waals surface area contributed by atoms with Crippen molar-refractivity contribution in [1.82, 2.24) is 0 Å². The van der Waals surface area contributed by atoms with E-state index in [1.807, 2.05) is 0 Å². The second kappa shape index (κ2) is 30.7. The molecule has 0 heterocycles. The van der Waals surface area contributed by atoms with Gasteiger partial charge in [0.05, 0.1) is 6.61 Å². The van der Waals surface area contributed by atoms with Gasteiger partial charge >= 0.3 is 5.97 Å². The Labute approximate surface area is 228 Å². The van der Waals surface area contributed by atoms with Crippen LogP contribution in [0.15, 0.2) is 0 Å². The highest BCUT2D eigenvalue weighted by Crippen LogP contribution is 2.15. The van der Waals surface area contributed by atoms with Gasteiger partial charge in [-0.15, -0.1) is 0 Å². The highest BCUT2D eigenvalue weighted by atomic mass is 16.5. The molecule has 0 atom stereocenters. The number of esters is 1. The number of ether oxygens (including phenoxy) is 1. The van der Waals surface area contributed by atoms with Gasteiger partial charge in [0.2, 0.25) is 0 Å². The lowest BCUT2D eigenvalue weighted by molar-refractivity contribution is -0.143. The van der Waals surface area contributed by atoms with Crippen molar-refractivity contribution in [2.24, 2.45) is 5.92 Å². The summed E-state index contributed by atoms with van der Waals surface area (Å²) in [6.07, 6.45) is 37.2. The molecule has 0 unspecified atom stereocenters. The molecular formula is C34H68O2. The van der Waals surface area contributed by atoms with E-state index in [4.69, 9.17) is 4.74 Å². The first-order chi connectivity index (χ1) is 17.7. The third-order valence-electron chi connectivity index (χ3n) is 7.67. The first kappa shape index (κ1) is 35.5. The van der Waals surface area contributed by atoms with E-state index >= 15 is 0 Å². The largest absolute Gasteiger partial charge is 0.466 e. The van der Waals surface area contributed by atoms with Crippen molar-refractivity contribution < 1.29 is 9.53 Å². The first-order valence-electron chi connectivity index (χ1n) is 16.8. The summed E-state index contributed by atoms with van der Waals surface area (Å²) in [5.41, 5.74) is 0. The van der Waals surface area contributed by atoms with E-state index in [1.165, 1.54) is 161 Å². The molecule has 0 bridgehead atoms.